The maximum atomic E-state index is 13.7. The Bertz CT molecular complexity index is 1550. The van der Waals surface area contributed by atoms with E-state index in [1.165, 1.54) is 4.52 Å². The number of hydrogen-bond donors (Lipinski definition) is 0. The summed E-state index contributed by atoms with van der Waals surface area (Å²) in [6.45, 7) is 9.07. The molecule has 5 heterocycles. The van der Waals surface area contributed by atoms with E-state index in [4.69, 9.17) is 18.9 Å². The zero-order chi connectivity index (χ0) is 31.9. The Morgan fingerprint density at radius 2 is 1.78 bits per heavy atom. The average Bonchev–Trinajstić information content (AvgIpc) is 3.67. The van der Waals surface area contributed by atoms with Crippen LogP contribution in [0.1, 0.15) is 57.0 Å². The van der Waals surface area contributed by atoms with Gasteiger partial charge in [0.15, 0.2) is 22.8 Å². The minimum atomic E-state index is -4.60. The lowest BCUT2D eigenvalue weighted by molar-refractivity contribution is -0.141. The number of likely N-dealkylation sites (tertiary alicyclic amines) is 1. The molecule has 244 valence electrons. The van der Waals surface area contributed by atoms with E-state index in [-0.39, 0.29) is 30.5 Å². The number of benzene rings is 1. The van der Waals surface area contributed by atoms with Crippen molar-refractivity contribution in [3.05, 3.63) is 41.2 Å². The first-order chi connectivity index (χ1) is 21.4. The molecule has 3 aliphatic heterocycles. The molecule has 11 nitrogen and oxygen atoms in total. The molecule has 14 heteroatoms. The second kappa shape index (κ2) is 12.1. The summed E-state index contributed by atoms with van der Waals surface area (Å²) < 4.78 is 65.1. The first-order valence-corrected chi connectivity index (χ1v) is 15.3. The number of carbonyl (C=O) groups excluding carboxylic acids is 1. The number of methoxy groups -OCH3 is 1. The molecule has 0 radical (unpaired) electrons. The summed E-state index contributed by atoms with van der Waals surface area (Å²) in [5.41, 5.74) is 0.478. The predicted octanol–water partition coefficient (Wildman–Crippen LogP) is 5.10. The van der Waals surface area contributed by atoms with Crippen molar-refractivity contribution in [2.75, 3.05) is 58.1 Å². The van der Waals surface area contributed by atoms with Gasteiger partial charge in [-0.2, -0.15) is 22.8 Å². The second-order valence-electron chi connectivity index (χ2n) is 12.7. The third-order valence-corrected chi connectivity index (χ3v) is 8.58. The number of piperazine rings is 1. The molecule has 0 spiro atoms. The van der Waals surface area contributed by atoms with Gasteiger partial charge in [-0.25, -0.2) is 9.78 Å². The van der Waals surface area contributed by atoms with Gasteiger partial charge in [-0.15, -0.1) is 0 Å². The van der Waals surface area contributed by atoms with E-state index in [9.17, 15) is 18.0 Å². The number of amides is 1. The van der Waals surface area contributed by atoms with Crippen LogP contribution in [0.5, 0.6) is 17.2 Å². The topological polar surface area (TPSA) is 93.9 Å². The molecular weight excluding hydrogens is 593 g/mol. The van der Waals surface area contributed by atoms with E-state index in [1.807, 2.05) is 37.8 Å². The van der Waals surface area contributed by atoms with E-state index >= 15 is 0 Å². The molecule has 2 aromatic heterocycles. The summed E-state index contributed by atoms with van der Waals surface area (Å²) in [5.74, 6) is 2.20. The van der Waals surface area contributed by atoms with Gasteiger partial charge in [-0.3, -0.25) is 4.90 Å². The van der Waals surface area contributed by atoms with Crippen LogP contribution >= 0.6 is 0 Å². The van der Waals surface area contributed by atoms with E-state index in [0.717, 1.165) is 37.4 Å². The van der Waals surface area contributed by atoms with Gasteiger partial charge in [-0.1, -0.05) is 27.2 Å². The Kier molecular flexibility index (Phi) is 8.35. The van der Waals surface area contributed by atoms with E-state index in [0.29, 0.717) is 61.5 Å². The normalized spacial score (nSPS) is 19.3. The summed E-state index contributed by atoms with van der Waals surface area (Å²) in [6, 6.07) is 6.61. The van der Waals surface area contributed by atoms with Crippen molar-refractivity contribution < 1.29 is 36.9 Å². The number of alkyl halides is 3. The van der Waals surface area contributed by atoms with Crippen molar-refractivity contribution in [3.63, 3.8) is 0 Å². The summed E-state index contributed by atoms with van der Waals surface area (Å²) in [6.07, 6.45) is -2.01. The maximum absolute atomic E-state index is 13.7. The van der Waals surface area contributed by atoms with Crippen molar-refractivity contribution in [1.29, 1.82) is 0 Å². The first-order valence-electron chi connectivity index (χ1n) is 15.3. The number of carbonyl (C=O) groups is 1. The second-order valence-corrected chi connectivity index (χ2v) is 12.7. The van der Waals surface area contributed by atoms with Crippen LogP contribution in [0.3, 0.4) is 0 Å². The molecule has 1 atom stereocenters. The molecule has 45 heavy (non-hydrogen) atoms. The molecular formula is C31H39F3N6O5. The zero-order valence-electron chi connectivity index (χ0n) is 26.0. The summed E-state index contributed by atoms with van der Waals surface area (Å²) in [5, 5.41) is 4.60. The Hall–Kier alpha value is -3.94. The predicted molar refractivity (Wildman–Crippen MR) is 159 cm³/mol. The van der Waals surface area contributed by atoms with Crippen molar-refractivity contribution >= 4 is 17.6 Å². The Morgan fingerprint density at radius 1 is 1.00 bits per heavy atom. The fourth-order valence-electron chi connectivity index (χ4n) is 6.04. The number of halogens is 3. The largest absolute Gasteiger partial charge is 0.493 e. The summed E-state index contributed by atoms with van der Waals surface area (Å²) in [7, 11) is 1.60. The lowest BCUT2D eigenvalue weighted by Gasteiger charge is -2.37. The average molecular weight is 633 g/mol. The highest BCUT2D eigenvalue weighted by Crippen LogP contribution is 2.42. The number of anilines is 1. The monoisotopic (exact) mass is 632 g/mol. The lowest BCUT2D eigenvalue weighted by atomic mass is 9.93. The van der Waals surface area contributed by atoms with Gasteiger partial charge < -0.3 is 28.7 Å². The first kappa shape index (κ1) is 31.1. The Morgan fingerprint density at radius 3 is 2.49 bits per heavy atom. The number of ether oxygens (including phenoxy) is 4. The molecule has 0 bridgehead atoms. The molecule has 3 aliphatic rings. The van der Waals surface area contributed by atoms with Crippen LogP contribution in [0.4, 0.5) is 23.8 Å². The third-order valence-electron chi connectivity index (χ3n) is 8.58. The number of rotatable bonds is 6. The van der Waals surface area contributed by atoms with Crippen LogP contribution in [0.15, 0.2) is 24.3 Å². The molecule has 1 unspecified atom stereocenters. The Labute approximate surface area is 259 Å². The van der Waals surface area contributed by atoms with Crippen LogP contribution < -0.4 is 19.1 Å². The molecule has 1 aromatic carbocycles. The van der Waals surface area contributed by atoms with Gasteiger partial charge in [0.25, 0.3) is 0 Å². The SMILES string of the molecule is COc1cc(CN2CCCCC2COC(=O)N2CCN(c3cc(C(F)(F)F)nc4cc(C(C)(C)C)nn34)CC2)cc2c1OCO2. The molecule has 1 amide bonds. The molecule has 3 aromatic rings. The standard InChI is InChI=1S/C31H39F3N6O5/c1-30(2,3)24-15-26-35-25(31(32,33)34)16-27(40(26)36-24)37-9-11-38(12-10-37)29(41)43-18-21-7-5-6-8-39(21)17-20-13-22(42-4)28-23(14-20)44-19-45-28/h13-16,21H,5-12,17-19H2,1-4H3. The highest BCUT2D eigenvalue weighted by Gasteiger charge is 2.36. The van der Waals surface area contributed by atoms with Gasteiger partial charge in [-0.05, 0) is 37.1 Å². The van der Waals surface area contributed by atoms with Crippen molar-refractivity contribution in [2.24, 2.45) is 0 Å². The smallest absolute Gasteiger partial charge is 0.433 e. The van der Waals surface area contributed by atoms with E-state index < -0.39 is 18.0 Å². The highest BCUT2D eigenvalue weighted by molar-refractivity contribution is 5.68. The Balaban J connectivity index is 1.09. The summed E-state index contributed by atoms with van der Waals surface area (Å²) in [4.78, 5) is 22.7. The minimum Gasteiger partial charge on any atom is -0.493 e. The van der Waals surface area contributed by atoms with Crippen molar-refractivity contribution in [3.8, 4) is 17.2 Å². The molecule has 0 N–H and O–H groups in total. The van der Waals surface area contributed by atoms with Crippen LogP contribution in [-0.4, -0.2) is 89.8 Å². The van der Waals surface area contributed by atoms with Crippen LogP contribution in [0, 0.1) is 0 Å². The number of hydrogen-bond acceptors (Lipinski definition) is 9. The van der Waals surface area contributed by atoms with Gasteiger partial charge in [0.1, 0.15) is 12.4 Å². The van der Waals surface area contributed by atoms with Gasteiger partial charge in [0.2, 0.25) is 12.5 Å². The van der Waals surface area contributed by atoms with E-state index in [1.54, 1.807) is 18.1 Å². The number of piperidine rings is 1. The number of fused-ring (bicyclic) bond motifs is 2. The van der Waals surface area contributed by atoms with E-state index in [2.05, 4.69) is 15.0 Å². The maximum Gasteiger partial charge on any atom is 0.433 e. The molecule has 2 fully saturated rings. The van der Waals surface area contributed by atoms with Crippen LogP contribution in [0.2, 0.25) is 0 Å². The van der Waals surface area contributed by atoms with Gasteiger partial charge in [0, 0.05) is 56.3 Å². The minimum absolute atomic E-state index is 0.0585. The lowest BCUT2D eigenvalue weighted by Crippen LogP contribution is -2.50. The fraction of sp³-hybridized carbons (Fsp3) is 0.581. The highest BCUT2D eigenvalue weighted by atomic mass is 19.4. The number of nitrogens with zero attached hydrogens (tertiary/aromatic N) is 6. The van der Waals surface area contributed by atoms with Gasteiger partial charge in [0.05, 0.1) is 12.8 Å². The van der Waals surface area contributed by atoms with Gasteiger partial charge >= 0.3 is 12.3 Å². The molecule has 0 saturated carbocycles. The quantitative estimate of drug-likeness (QED) is 0.368. The number of aromatic nitrogens is 3. The molecule has 2 saturated heterocycles. The van der Waals surface area contributed by atoms with Crippen LogP contribution in [-0.2, 0) is 22.9 Å². The van der Waals surface area contributed by atoms with Crippen molar-refractivity contribution in [2.45, 2.75) is 64.2 Å². The van der Waals surface area contributed by atoms with Crippen LogP contribution in [0.25, 0.3) is 5.65 Å². The molecule has 6 rings (SSSR count). The van der Waals surface area contributed by atoms with Crippen molar-refractivity contribution in [1.82, 2.24) is 24.4 Å². The fourth-order valence-corrected chi connectivity index (χ4v) is 6.04. The zero-order valence-corrected chi connectivity index (χ0v) is 26.0. The summed E-state index contributed by atoms with van der Waals surface area (Å²) >= 11 is 0. The third kappa shape index (κ3) is 6.56. The molecule has 0 aliphatic carbocycles.